The number of carbonyl (C=O) groups excluding carboxylic acids is 1. The van der Waals surface area contributed by atoms with Crippen molar-refractivity contribution >= 4 is 11.9 Å². The molecule has 0 rings (SSSR count). The first-order chi connectivity index (χ1) is 8.56. The van der Waals surface area contributed by atoms with E-state index in [2.05, 4.69) is 0 Å². The van der Waals surface area contributed by atoms with Gasteiger partial charge in [-0.1, -0.05) is 20.3 Å². The summed E-state index contributed by atoms with van der Waals surface area (Å²) >= 11 is 0. The van der Waals surface area contributed by atoms with Crippen LogP contribution in [0.3, 0.4) is 0 Å². The Hall–Kier alpha value is -1.14. The van der Waals surface area contributed by atoms with Crippen LogP contribution in [0.15, 0.2) is 0 Å². The zero-order chi connectivity index (χ0) is 15.2. The van der Waals surface area contributed by atoms with Crippen LogP contribution in [0.1, 0.15) is 26.7 Å². The van der Waals surface area contributed by atoms with Gasteiger partial charge in [-0.3, -0.25) is 9.59 Å². The van der Waals surface area contributed by atoms with Crippen molar-refractivity contribution in [1.82, 2.24) is 0 Å². The monoisotopic (exact) mass is 275 g/mol. The molecular formula is C13H27N2O4+. The van der Waals surface area contributed by atoms with E-state index in [0.717, 1.165) is 6.42 Å². The highest BCUT2D eigenvalue weighted by Gasteiger charge is 2.28. The quantitative estimate of drug-likeness (QED) is 0.496. The molecular weight excluding hydrogens is 248 g/mol. The lowest BCUT2D eigenvalue weighted by atomic mass is 10.0. The largest absolute Gasteiger partial charge is 0.481 e. The summed E-state index contributed by atoms with van der Waals surface area (Å²) in [5.41, 5.74) is 5.79. The molecule has 0 spiro atoms. The average molecular weight is 275 g/mol. The zero-order valence-electron chi connectivity index (χ0n) is 12.5. The molecule has 0 aromatic carbocycles. The van der Waals surface area contributed by atoms with Gasteiger partial charge in [0.15, 0.2) is 6.10 Å². The van der Waals surface area contributed by atoms with Crippen LogP contribution in [0, 0.1) is 5.92 Å². The average Bonchev–Trinajstić information content (AvgIpc) is 2.23. The van der Waals surface area contributed by atoms with Crippen LogP contribution in [0.5, 0.6) is 0 Å². The Labute approximate surface area is 115 Å². The Morgan fingerprint density at radius 2 is 1.84 bits per heavy atom. The van der Waals surface area contributed by atoms with E-state index in [1.54, 1.807) is 0 Å². The fourth-order valence-electron chi connectivity index (χ4n) is 1.68. The van der Waals surface area contributed by atoms with Crippen LogP contribution in [-0.4, -0.2) is 61.4 Å². The minimum absolute atomic E-state index is 0.0158. The molecule has 0 aliphatic heterocycles. The molecule has 3 atom stereocenters. The molecule has 0 aromatic heterocycles. The second-order valence-corrected chi connectivity index (χ2v) is 6.04. The third-order valence-corrected chi connectivity index (χ3v) is 2.97. The van der Waals surface area contributed by atoms with E-state index in [1.807, 2.05) is 35.0 Å². The van der Waals surface area contributed by atoms with Crippen LogP contribution in [-0.2, 0) is 14.3 Å². The molecule has 0 aromatic rings. The number of nitrogens with two attached hydrogens (primary N) is 1. The molecule has 0 heterocycles. The summed E-state index contributed by atoms with van der Waals surface area (Å²) in [6.07, 6.45) is -0.0796. The number of nitrogens with zero attached hydrogens (tertiary/aromatic N) is 1. The first-order valence-corrected chi connectivity index (χ1v) is 6.55. The molecule has 0 aliphatic rings. The second kappa shape index (κ2) is 7.45. The molecule has 0 fully saturated rings. The van der Waals surface area contributed by atoms with Crippen molar-refractivity contribution in [2.75, 3.05) is 27.7 Å². The van der Waals surface area contributed by atoms with Crippen molar-refractivity contribution in [3.8, 4) is 0 Å². The standard InChI is InChI=1S/C13H26N2O4/c1-6-9(2)12(14)13(18)19-10(7-11(16)17)8-15(3,4)5/h9-10,12H,6-8,14H2,1-5H3/p+1/t9-,10?,12-/m0/s1. The van der Waals surface area contributed by atoms with E-state index in [0.29, 0.717) is 11.0 Å². The van der Waals surface area contributed by atoms with E-state index < -0.39 is 24.1 Å². The molecule has 0 radical (unpaired) electrons. The van der Waals surface area contributed by atoms with Crippen LogP contribution in [0.4, 0.5) is 0 Å². The summed E-state index contributed by atoms with van der Waals surface area (Å²) < 4.78 is 5.78. The molecule has 0 amide bonds. The number of ether oxygens (including phenoxy) is 1. The number of carboxylic acids is 1. The van der Waals surface area contributed by atoms with Crippen LogP contribution < -0.4 is 5.73 Å². The molecule has 6 heteroatoms. The SMILES string of the molecule is CC[C@H](C)[C@H](N)C(=O)OC(CC(=O)O)C[N+](C)(C)C. The Bertz CT molecular complexity index is 312. The van der Waals surface area contributed by atoms with Gasteiger partial charge in [-0.15, -0.1) is 0 Å². The van der Waals surface area contributed by atoms with E-state index in [-0.39, 0.29) is 12.3 Å². The molecule has 112 valence electrons. The molecule has 0 saturated heterocycles. The number of hydrogen-bond acceptors (Lipinski definition) is 4. The molecule has 0 aliphatic carbocycles. The molecule has 6 nitrogen and oxygen atoms in total. The number of quaternary nitrogens is 1. The molecule has 19 heavy (non-hydrogen) atoms. The fourth-order valence-corrected chi connectivity index (χ4v) is 1.68. The summed E-state index contributed by atoms with van der Waals surface area (Å²) in [6.45, 7) is 4.25. The Kier molecular flexibility index (Phi) is 7.00. The normalized spacial score (nSPS) is 16.5. The van der Waals surface area contributed by atoms with Gasteiger partial charge in [-0.05, 0) is 5.92 Å². The van der Waals surface area contributed by atoms with Gasteiger partial charge in [0.2, 0.25) is 0 Å². The van der Waals surface area contributed by atoms with E-state index in [4.69, 9.17) is 15.6 Å². The number of esters is 1. The molecule has 0 saturated carbocycles. The number of hydrogen-bond donors (Lipinski definition) is 2. The highest BCUT2D eigenvalue weighted by Crippen LogP contribution is 2.11. The summed E-state index contributed by atoms with van der Waals surface area (Å²) in [4.78, 5) is 22.7. The van der Waals surface area contributed by atoms with Gasteiger partial charge in [0.1, 0.15) is 12.6 Å². The highest BCUT2D eigenvalue weighted by molar-refractivity contribution is 5.76. The highest BCUT2D eigenvalue weighted by atomic mass is 16.5. The summed E-state index contributed by atoms with van der Waals surface area (Å²) in [7, 11) is 5.74. The minimum Gasteiger partial charge on any atom is -0.481 e. The number of carboxylic acid groups (broad SMARTS) is 1. The number of carbonyl (C=O) groups is 2. The Morgan fingerprint density at radius 1 is 1.32 bits per heavy atom. The first kappa shape index (κ1) is 17.9. The topological polar surface area (TPSA) is 89.6 Å². The lowest BCUT2D eigenvalue weighted by Gasteiger charge is -2.29. The second-order valence-electron chi connectivity index (χ2n) is 6.04. The molecule has 0 bridgehead atoms. The smallest absolute Gasteiger partial charge is 0.323 e. The number of likely N-dealkylation sites (N-methyl/N-ethyl adjacent to an activating group) is 1. The van der Waals surface area contributed by atoms with Gasteiger partial charge in [0.05, 0.1) is 27.6 Å². The molecule has 3 N–H and O–H groups in total. The maximum absolute atomic E-state index is 11.9. The predicted octanol–water partition coefficient (Wildman–Crippen LogP) is 0.453. The summed E-state index contributed by atoms with van der Waals surface area (Å²) in [5.74, 6) is -1.49. The summed E-state index contributed by atoms with van der Waals surface area (Å²) in [5, 5.41) is 8.86. The van der Waals surface area contributed by atoms with Crippen LogP contribution in [0.25, 0.3) is 0 Å². The lowest BCUT2D eigenvalue weighted by molar-refractivity contribution is -0.873. The van der Waals surface area contributed by atoms with Crippen LogP contribution >= 0.6 is 0 Å². The number of rotatable bonds is 8. The van der Waals surface area contributed by atoms with Crippen molar-refractivity contribution in [3.05, 3.63) is 0 Å². The van der Waals surface area contributed by atoms with Gasteiger partial charge >= 0.3 is 11.9 Å². The van der Waals surface area contributed by atoms with Crippen molar-refractivity contribution in [1.29, 1.82) is 0 Å². The van der Waals surface area contributed by atoms with Gasteiger partial charge < -0.3 is 20.1 Å². The maximum Gasteiger partial charge on any atom is 0.323 e. The van der Waals surface area contributed by atoms with Crippen molar-refractivity contribution in [2.45, 2.75) is 38.8 Å². The van der Waals surface area contributed by atoms with E-state index in [1.165, 1.54) is 0 Å². The third kappa shape index (κ3) is 7.79. The lowest BCUT2D eigenvalue weighted by Crippen LogP contribution is -2.46. The van der Waals surface area contributed by atoms with Gasteiger partial charge in [0, 0.05) is 0 Å². The maximum atomic E-state index is 11.9. The Balaban J connectivity index is 4.63. The van der Waals surface area contributed by atoms with Crippen molar-refractivity contribution in [3.63, 3.8) is 0 Å². The van der Waals surface area contributed by atoms with Gasteiger partial charge in [-0.25, -0.2) is 0 Å². The summed E-state index contributed by atoms with van der Waals surface area (Å²) in [6, 6.07) is -0.700. The first-order valence-electron chi connectivity index (χ1n) is 6.55. The Morgan fingerprint density at radius 3 is 2.21 bits per heavy atom. The third-order valence-electron chi connectivity index (χ3n) is 2.97. The fraction of sp³-hybridized carbons (Fsp3) is 0.846. The minimum atomic E-state index is -0.983. The van der Waals surface area contributed by atoms with Crippen molar-refractivity contribution in [2.24, 2.45) is 11.7 Å². The molecule has 1 unspecified atom stereocenters. The van der Waals surface area contributed by atoms with Gasteiger partial charge in [0.25, 0.3) is 0 Å². The van der Waals surface area contributed by atoms with Gasteiger partial charge in [-0.2, -0.15) is 0 Å². The van der Waals surface area contributed by atoms with Crippen molar-refractivity contribution < 1.29 is 23.9 Å². The predicted molar refractivity (Wildman–Crippen MR) is 72.5 cm³/mol. The van der Waals surface area contributed by atoms with Crippen LogP contribution in [0.2, 0.25) is 0 Å². The number of aliphatic carboxylic acids is 1. The van der Waals surface area contributed by atoms with E-state index >= 15 is 0 Å². The zero-order valence-corrected chi connectivity index (χ0v) is 12.5. The van der Waals surface area contributed by atoms with E-state index in [9.17, 15) is 9.59 Å².